The van der Waals surface area contributed by atoms with Crippen LogP contribution in [-0.2, 0) is 15.0 Å². The van der Waals surface area contributed by atoms with Crippen LogP contribution in [0.3, 0.4) is 0 Å². The summed E-state index contributed by atoms with van der Waals surface area (Å²) >= 11 is 1.17. The van der Waals surface area contributed by atoms with Gasteiger partial charge >= 0.3 is 0 Å². The smallest absolute Gasteiger partial charge is 0.283 e. The average Bonchev–Trinajstić information content (AvgIpc) is 3.18. The monoisotopic (exact) mass is 494 g/mol. The number of hydrogen-bond donors (Lipinski definition) is 1. The topological polar surface area (TPSA) is 85.6 Å². The number of carbonyl (C=O) groups is 2. The van der Waals surface area contributed by atoms with Crippen LogP contribution in [0.1, 0.15) is 37.5 Å². The Balaban J connectivity index is 1.56. The Morgan fingerprint density at radius 1 is 1.03 bits per heavy atom. The minimum Gasteiger partial charge on any atom is -0.324 e. The van der Waals surface area contributed by atoms with E-state index in [0.717, 1.165) is 5.56 Å². The molecule has 0 aliphatic carbocycles. The highest BCUT2D eigenvalue weighted by Crippen LogP contribution is 2.30. The second-order valence-electron chi connectivity index (χ2n) is 9.27. The number of rotatable bonds is 5. The fraction of sp³-hybridized carbons (Fsp3) is 0.172. The van der Waals surface area contributed by atoms with Crippen molar-refractivity contribution in [3.05, 3.63) is 101 Å². The Bertz CT molecular complexity index is 1380. The van der Waals surface area contributed by atoms with E-state index in [9.17, 15) is 14.9 Å². The number of nitrogens with zero attached hydrogens (tertiary/aromatic N) is 3. The highest BCUT2D eigenvalue weighted by Gasteiger charge is 2.32. The summed E-state index contributed by atoms with van der Waals surface area (Å²) in [4.78, 5) is 32.1. The van der Waals surface area contributed by atoms with E-state index in [1.54, 1.807) is 30.3 Å². The number of amides is 2. The van der Waals surface area contributed by atoms with Crippen LogP contribution < -0.4 is 10.2 Å². The number of anilines is 2. The molecule has 1 heterocycles. The molecule has 4 rings (SSSR count). The minimum absolute atomic E-state index is 0.0305. The lowest BCUT2D eigenvalue weighted by Crippen LogP contribution is -2.31. The van der Waals surface area contributed by atoms with Crippen LogP contribution in [0.2, 0.25) is 0 Å². The average molecular weight is 495 g/mol. The van der Waals surface area contributed by atoms with Crippen LogP contribution >= 0.6 is 11.8 Å². The first kappa shape index (κ1) is 25.0. The molecular weight excluding hydrogens is 468 g/mol. The Morgan fingerprint density at radius 3 is 2.36 bits per heavy atom. The summed E-state index contributed by atoms with van der Waals surface area (Å²) in [6.07, 6.45) is 1.77. The number of nitrogens with one attached hydrogen (secondary N) is 1. The summed E-state index contributed by atoms with van der Waals surface area (Å²) in [5.74, 6) is -0.511. The zero-order valence-electron chi connectivity index (χ0n) is 20.4. The van der Waals surface area contributed by atoms with Crippen LogP contribution in [0.25, 0.3) is 6.08 Å². The molecule has 0 aromatic heterocycles. The number of nitriles is 1. The van der Waals surface area contributed by atoms with Gasteiger partial charge in [0.1, 0.15) is 11.8 Å². The molecule has 6 nitrogen and oxygen atoms in total. The normalized spacial score (nSPS) is 14.5. The van der Waals surface area contributed by atoms with Crippen molar-refractivity contribution in [2.24, 2.45) is 4.99 Å². The predicted molar refractivity (Wildman–Crippen MR) is 147 cm³/mol. The van der Waals surface area contributed by atoms with Gasteiger partial charge in [-0.3, -0.25) is 14.5 Å². The number of thioether (sulfide) groups is 1. The van der Waals surface area contributed by atoms with E-state index in [0.29, 0.717) is 27.8 Å². The van der Waals surface area contributed by atoms with Gasteiger partial charge in [-0.2, -0.15) is 5.26 Å². The molecule has 1 aliphatic rings. The SMILES string of the molecule is CC(C)(C)c1ccc(/C=C2/N=C(SCC(=O)Nc3ccccc3C#N)N(c3ccccc3)C2=O)cc1. The van der Waals surface area contributed by atoms with Crippen LogP contribution in [-0.4, -0.2) is 22.7 Å². The number of amidine groups is 1. The third-order valence-electron chi connectivity index (χ3n) is 5.58. The lowest BCUT2D eigenvalue weighted by Gasteiger charge is -2.18. The summed E-state index contributed by atoms with van der Waals surface area (Å²) in [6.45, 7) is 6.46. The maximum absolute atomic E-state index is 13.4. The van der Waals surface area contributed by atoms with Gasteiger partial charge < -0.3 is 5.32 Å². The van der Waals surface area contributed by atoms with Crippen molar-refractivity contribution in [3.63, 3.8) is 0 Å². The number of para-hydroxylation sites is 2. The molecule has 2 amide bonds. The second-order valence-corrected chi connectivity index (χ2v) is 10.2. The van der Waals surface area contributed by atoms with Gasteiger partial charge in [0.25, 0.3) is 5.91 Å². The summed E-state index contributed by atoms with van der Waals surface area (Å²) in [5.41, 5.74) is 3.94. The maximum atomic E-state index is 13.4. The first-order chi connectivity index (χ1) is 17.3. The Kier molecular flexibility index (Phi) is 7.37. The number of aliphatic imine (C=N–C) groups is 1. The van der Waals surface area contributed by atoms with E-state index in [-0.39, 0.29) is 23.0 Å². The highest BCUT2D eigenvalue weighted by atomic mass is 32.2. The van der Waals surface area contributed by atoms with E-state index in [2.05, 4.69) is 49.3 Å². The number of hydrogen-bond acceptors (Lipinski definition) is 5. The summed E-state index contributed by atoms with van der Waals surface area (Å²) < 4.78 is 0. The van der Waals surface area contributed by atoms with E-state index < -0.39 is 0 Å². The maximum Gasteiger partial charge on any atom is 0.283 e. The molecule has 0 saturated carbocycles. The van der Waals surface area contributed by atoms with Crippen LogP contribution in [0.15, 0.2) is 89.6 Å². The van der Waals surface area contributed by atoms with Crippen LogP contribution in [0, 0.1) is 11.3 Å². The zero-order chi connectivity index (χ0) is 25.7. The minimum atomic E-state index is -0.291. The number of carbonyl (C=O) groups excluding carboxylic acids is 2. The molecule has 7 heteroatoms. The van der Waals surface area contributed by atoms with Crippen molar-refractivity contribution >= 4 is 46.2 Å². The molecule has 3 aromatic carbocycles. The van der Waals surface area contributed by atoms with Gasteiger partial charge in [0.15, 0.2) is 5.17 Å². The van der Waals surface area contributed by atoms with Crippen molar-refractivity contribution in [1.29, 1.82) is 5.26 Å². The van der Waals surface area contributed by atoms with Crippen molar-refractivity contribution in [2.75, 3.05) is 16.0 Å². The van der Waals surface area contributed by atoms with Gasteiger partial charge in [-0.05, 0) is 46.9 Å². The molecule has 3 aromatic rings. The lowest BCUT2D eigenvalue weighted by molar-refractivity contribution is -0.114. The third kappa shape index (κ3) is 5.73. The molecule has 180 valence electrons. The molecule has 0 atom stereocenters. The first-order valence-electron chi connectivity index (χ1n) is 11.5. The zero-order valence-corrected chi connectivity index (χ0v) is 21.2. The van der Waals surface area contributed by atoms with E-state index in [1.165, 1.54) is 22.2 Å². The molecule has 0 fully saturated rings. The Morgan fingerprint density at radius 2 is 1.69 bits per heavy atom. The van der Waals surface area contributed by atoms with Crippen LogP contribution in [0.5, 0.6) is 0 Å². The molecular formula is C29H26N4O2S. The fourth-order valence-electron chi connectivity index (χ4n) is 3.64. The standard InChI is InChI=1S/C29H26N4O2S/c1-29(2,3)22-15-13-20(14-16-22)17-25-27(35)33(23-10-5-4-6-11-23)28(32-25)36-19-26(34)31-24-12-8-7-9-21(24)18-30/h4-17H,19H2,1-3H3,(H,31,34)/b25-17+. The molecule has 1 N–H and O–H groups in total. The molecule has 0 bridgehead atoms. The first-order valence-corrected chi connectivity index (χ1v) is 12.5. The van der Waals surface area contributed by atoms with Crippen molar-refractivity contribution < 1.29 is 9.59 Å². The second kappa shape index (κ2) is 10.6. The van der Waals surface area contributed by atoms with Crippen molar-refractivity contribution in [3.8, 4) is 6.07 Å². The van der Waals surface area contributed by atoms with E-state index in [1.807, 2.05) is 42.5 Å². The summed E-state index contributed by atoms with van der Waals surface area (Å²) in [6, 6.07) is 26.2. The van der Waals surface area contributed by atoms with Gasteiger partial charge in [-0.15, -0.1) is 0 Å². The van der Waals surface area contributed by atoms with Gasteiger partial charge in [-0.25, -0.2) is 4.99 Å². The molecule has 0 spiro atoms. The van der Waals surface area contributed by atoms with Crippen LogP contribution in [0.4, 0.5) is 11.4 Å². The van der Waals surface area contributed by atoms with E-state index >= 15 is 0 Å². The summed E-state index contributed by atoms with van der Waals surface area (Å²) in [5, 5.41) is 12.4. The summed E-state index contributed by atoms with van der Waals surface area (Å²) in [7, 11) is 0. The molecule has 0 unspecified atom stereocenters. The molecule has 0 saturated heterocycles. The molecule has 0 radical (unpaired) electrons. The fourth-order valence-corrected chi connectivity index (χ4v) is 4.45. The van der Waals surface area contributed by atoms with E-state index in [4.69, 9.17) is 0 Å². The van der Waals surface area contributed by atoms with Gasteiger partial charge in [0.05, 0.1) is 22.7 Å². The third-order valence-corrected chi connectivity index (χ3v) is 6.52. The lowest BCUT2D eigenvalue weighted by atomic mass is 9.87. The Labute approximate surface area is 215 Å². The van der Waals surface area contributed by atoms with Crippen molar-refractivity contribution in [2.45, 2.75) is 26.2 Å². The highest BCUT2D eigenvalue weighted by molar-refractivity contribution is 8.14. The van der Waals surface area contributed by atoms with Gasteiger partial charge in [0, 0.05) is 0 Å². The van der Waals surface area contributed by atoms with Gasteiger partial charge in [-0.1, -0.05) is 87.1 Å². The molecule has 36 heavy (non-hydrogen) atoms. The number of benzene rings is 3. The quantitative estimate of drug-likeness (QED) is 0.443. The predicted octanol–water partition coefficient (Wildman–Crippen LogP) is 5.97. The Hall–Kier alpha value is -4.15. The molecule has 1 aliphatic heterocycles. The largest absolute Gasteiger partial charge is 0.324 e. The van der Waals surface area contributed by atoms with Crippen molar-refractivity contribution in [1.82, 2.24) is 0 Å². The van der Waals surface area contributed by atoms with Gasteiger partial charge in [0.2, 0.25) is 5.91 Å².